The first-order valence-corrected chi connectivity index (χ1v) is 7.38. The van der Waals surface area contributed by atoms with Crippen molar-refractivity contribution >= 4 is 11.0 Å². The number of fused-ring (bicyclic) bond motifs is 1. The molecule has 23 heavy (non-hydrogen) atoms. The number of aliphatic hydroxyl groups is 1. The van der Waals surface area contributed by atoms with E-state index in [2.05, 4.69) is 10.1 Å². The van der Waals surface area contributed by atoms with E-state index in [9.17, 15) is 5.11 Å². The largest absolute Gasteiger partial charge is 0.389 e. The average Bonchev–Trinajstić information content (AvgIpc) is 3.24. The predicted molar refractivity (Wildman–Crippen MR) is 87.2 cm³/mol. The van der Waals surface area contributed by atoms with Gasteiger partial charge in [-0.2, -0.15) is 0 Å². The second kappa shape index (κ2) is 5.37. The highest BCUT2D eigenvalue weighted by Crippen LogP contribution is 2.25. The Balaban J connectivity index is 1.82. The monoisotopic (exact) mass is 305 g/mol. The zero-order chi connectivity index (χ0) is 15.8. The van der Waals surface area contributed by atoms with E-state index in [0.717, 1.165) is 33.5 Å². The van der Waals surface area contributed by atoms with Crippen LogP contribution in [0.4, 0.5) is 0 Å². The molecule has 0 bridgehead atoms. The minimum absolute atomic E-state index is 0.500. The van der Waals surface area contributed by atoms with Gasteiger partial charge in [-0.15, -0.1) is 0 Å². The van der Waals surface area contributed by atoms with Gasteiger partial charge in [0, 0.05) is 17.3 Å². The summed E-state index contributed by atoms with van der Waals surface area (Å²) in [5, 5.41) is 13.7. The van der Waals surface area contributed by atoms with Crippen LogP contribution in [-0.4, -0.2) is 19.8 Å². The Morgan fingerprint density at radius 1 is 1.13 bits per heavy atom. The summed E-state index contributed by atoms with van der Waals surface area (Å²) in [6, 6.07) is 15.7. The number of imidazole rings is 1. The second-order valence-corrected chi connectivity index (χ2v) is 5.47. The van der Waals surface area contributed by atoms with E-state index in [1.54, 1.807) is 19.5 Å². The molecule has 0 spiro atoms. The Bertz CT molecular complexity index is 955. The van der Waals surface area contributed by atoms with E-state index < -0.39 is 6.10 Å². The van der Waals surface area contributed by atoms with E-state index in [0.29, 0.717) is 0 Å². The maximum Gasteiger partial charge on any atom is 0.124 e. The van der Waals surface area contributed by atoms with Gasteiger partial charge >= 0.3 is 0 Å². The van der Waals surface area contributed by atoms with Crippen molar-refractivity contribution in [3.8, 4) is 16.9 Å². The van der Waals surface area contributed by atoms with Gasteiger partial charge in [-0.3, -0.25) is 4.57 Å². The SMILES string of the molecule is CC(O)c1ccc2c(c1)ncn2-c1cccc(-c2ccon2)c1. The van der Waals surface area contributed by atoms with Gasteiger partial charge in [0.15, 0.2) is 0 Å². The highest BCUT2D eigenvalue weighted by molar-refractivity contribution is 5.78. The predicted octanol–water partition coefficient (Wildman–Crippen LogP) is 3.73. The van der Waals surface area contributed by atoms with Crippen LogP contribution >= 0.6 is 0 Å². The molecular weight excluding hydrogens is 290 g/mol. The molecule has 0 saturated carbocycles. The van der Waals surface area contributed by atoms with Crippen molar-refractivity contribution in [1.29, 1.82) is 0 Å². The molecule has 2 aromatic heterocycles. The lowest BCUT2D eigenvalue weighted by Crippen LogP contribution is -1.94. The van der Waals surface area contributed by atoms with E-state index in [1.807, 2.05) is 53.1 Å². The summed E-state index contributed by atoms with van der Waals surface area (Å²) in [4.78, 5) is 4.45. The Labute approximate surface area is 132 Å². The Morgan fingerprint density at radius 2 is 2.04 bits per heavy atom. The summed E-state index contributed by atoms with van der Waals surface area (Å²) in [5.41, 5.74) is 5.49. The molecule has 0 radical (unpaired) electrons. The first-order valence-electron chi connectivity index (χ1n) is 7.38. The van der Waals surface area contributed by atoms with Crippen molar-refractivity contribution in [2.45, 2.75) is 13.0 Å². The molecule has 2 heterocycles. The molecule has 0 fully saturated rings. The van der Waals surface area contributed by atoms with Gasteiger partial charge in [-0.1, -0.05) is 23.4 Å². The third kappa shape index (κ3) is 2.41. The van der Waals surface area contributed by atoms with Crippen LogP contribution in [0.3, 0.4) is 0 Å². The fourth-order valence-corrected chi connectivity index (χ4v) is 2.67. The quantitative estimate of drug-likeness (QED) is 0.626. The minimum atomic E-state index is -0.500. The van der Waals surface area contributed by atoms with E-state index in [-0.39, 0.29) is 0 Å². The summed E-state index contributed by atoms with van der Waals surface area (Å²) in [5.74, 6) is 0. The van der Waals surface area contributed by atoms with E-state index in [1.165, 1.54) is 0 Å². The van der Waals surface area contributed by atoms with Gasteiger partial charge in [0.1, 0.15) is 18.3 Å². The fraction of sp³-hybridized carbons (Fsp3) is 0.111. The van der Waals surface area contributed by atoms with Crippen LogP contribution in [0.2, 0.25) is 0 Å². The second-order valence-electron chi connectivity index (χ2n) is 5.47. The maximum atomic E-state index is 9.70. The van der Waals surface area contributed by atoms with Crippen molar-refractivity contribution in [3.05, 3.63) is 66.7 Å². The van der Waals surface area contributed by atoms with Gasteiger partial charge in [0.25, 0.3) is 0 Å². The van der Waals surface area contributed by atoms with Gasteiger partial charge in [-0.25, -0.2) is 4.98 Å². The third-order valence-corrected chi connectivity index (χ3v) is 3.91. The molecule has 0 aliphatic rings. The van der Waals surface area contributed by atoms with Gasteiger partial charge in [0.05, 0.1) is 17.1 Å². The molecule has 5 heteroatoms. The minimum Gasteiger partial charge on any atom is -0.389 e. The summed E-state index contributed by atoms with van der Waals surface area (Å²) < 4.78 is 6.93. The number of hydrogen-bond donors (Lipinski definition) is 1. The van der Waals surface area contributed by atoms with Crippen LogP contribution in [0.5, 0.6) is 0 Å². The summed E-state index contributed by atoms with van der Waals surface area (Å²) in [6.07, 6.45) is 2.85. The van der Waals surface area contributed by atoms with E-state index >= 15 is 0 Å². The number of hydrogen-bond acceptors (Lipinski definition) is 4. The van der Waals surface area contributed by atoms with Crippen molar-refractivity contribution < 1.29 is 9.63 Å². The lowest BCUT2D eigenvalue weighted by Gasteiger charge is -2.07. The van der Waals surface area contributed by atoms with Crippen molar-refractivity contribution in [2.75, 3.05) is 0 Å². The molecule has 1 atom stereocenters. The van der Waals surface area contributed by atoms with Crippen LogP contribution in [0.15, 0.2) is 65.6 Å². The zero-order valence-electron chi connectivity index (χ0n) is 12.5. The average molecular weight is 305 g/mol. The smallest absolute Gasteiger partial charge is 0.124 e. The molecule has 4 rings (SSSR count). The molecule has 114 valence electrons. The van der Waals surface area contributed by atoms with Crippen LogP contribution in [0.25, 0.3) is 28.0 Å². The molecule has 1 N–H and O–H groups in total. The fourth-order valence-electron chi connectivity index (χ4n) is 2.67. The van der Waals surface area contributed by atoms with E-state index in [4.69, 9.17) is 4.52 Å². The number of rotatable bonds is 3. The number of benzene rings is 2. The highest BCUT2D eigenvalue weighted by Gasteiger charge is 2.09. The first kappa shape index (κ1) is 13.7. The van der Waals surface area contributed by atoms with Crippen LogP contribution in [-0.2, 0) is 0 Å². The Morgan fingerprint density at radius 3 is 2.83 bits per heavy atom. The number of aromatic nitrogens is 3. The molecule has 5 nitrogen and oxygen atoms in total. The number of nitrogens with zero attached hydrogens (tertiary/aromatic N) is 3. The summed E-state index contributed by atoms with van der Waals surface area (Å²) in [6.45, 7) is 1.75. The summed E-state index contributed by atoms with van der Waals surface area (Å²) >= 11 is 0. The van der Waals surface area contributed by atoms with Crippen LogP contribution < -0.4 is 0 Å². The molecule has 0 aliphatic heterocycles. The molecular formula is C18H15N3O2. The molecule has 0 aliphatic carbocycles. The van der Waals surface area contributed by atoms with Crippen molar-refractivity contribution in [1.82, 2.24) is 14.7 Å². The lowest BCUT2D eigenvalue weighted by atomic mass is 10.1. The maximum absolute atomic E-state index is 9.70. The summed E-state index contributed by atoms with van der Waals surface area (Å²) in [7, 11) is 0. The van der Waals surface area contributed by atoms with Gasteiger partial charge in [0.2, 0.25) is 0 Å². The van der Waals surface area contributed by atoms with Crippen LogP contribution in [0, 0.1) is 0 Å². The highest BCUT2D eigenvalue weighted by atomic mass is 16.5. The first-order chi connectivity index (χ1) is 11.2. The van der Waals surface area contributed by atoms with Crippen molar-refractivity contribution in [2.24, 2.45) is 0 Å². The molecule has 0 amide bonds. The van der Waals surface area contributed by atoms with Gasteiger partial charge in [-0.05, 0) is 36.8 Å². The topological polar surface area (TPSA) is 64.1 Å². The van der Waals surface area contributed by atoms with Gasteiger partial charge < -0.3 is 9.63 Å². The zero-order valence-corrected chi connectivity index (χ0v) is 12.5. The van der Waals surface area contributed by atoms with Crippen molar-refractivity contribution in [3.63, 3.8) is 0 Å². The third-order valence-electron chi connectivity index (χ3n) is 3.91. The number of aliphatic hydroxyl groups excluding tert-OH is 1. The Hall–Kier alpha value is -2.92. The molecule has 1 unspecified atom stereocenters. The standard InChI is InChI=1S/C18H15N3O2/c1-12(22)13-5-6-18-17(10-13)19-11-21(18)15-4-2-3-14(9-15)16-7-8-23-20-16/h2-12,22H,1H3. The molecule has 2 aromatic carbocycles. The molecule has 0 saturated heterocycles. The Kier molecular flexibility index (Phi) is 3.20. The lowest BCUT2D eigenvalue weighted by molar-refractivity contribution is 0.199. The van der Waals surface area contributed by atoms with Crippen LogP contribution in [0.1, 0.15) is 18.6 Å². The molecule has 4 aromatic rings. The normalized spacial score (nSPS) is 12.6.